The lowest BCUT2D eigenvalue weighted by molar-refractivity contribution is 0.198. The van der Waals surface area contributed by atoms with Gasteiger partial charge in [-0.3, -0.25) is 0 Å². The van der Waals surface area contributed by atoms with Gasteiger partial charge in [0.15, 0.2) is 0 Å². The zero-order chi connectivity index (χ0) is 6.91. The van der Waals surface area contributed by atoms with Crippen LogP contribution in [0.15, 0.2) is 12.3 Å². The summed E-state index contributed by atoms with van der Waals surface area (Å²) in [4.78, 5) is 2.27. The molecule has 0 aromatic heterocycles. The summed E-state index contributed by atoms with van der Waals surface area (Å²) in [6, 6.07) is 0. The van der Waals surface area contributed by atoms with Crippen molar-refractivity contribution in [3.63, 3.8) is 0 Å². The lowest BCUT2D eigenvalue weighted by Crippen LogP contribution is -2.38. The first kappa shape index (κ1) is 6.66. The van der Waals surface area contributed by atoms with Crippen LogP contribution in [0.5, 0.6) is 0 Å². The van der Waals surface area contributed by atoms with E-state index in [4.69, 9.17) is 0 Å². The predicted molar refractivity (Wildman–Crippen MR) is 40.2 cm³/mol. The number of rotatable bonds is 0. The van der Waals surface area contributed by atoms with Crippen LogP contribution in [0.2, 0.25) is 0 Å². The summed E-state index contributed by atoms with van der Waals surface area (Å²) in [5, 5.41) is 0. The van der Waals surface area contributed by atoms with Gasteiger partial charge in [0.1, 0.15) is 0 Å². The second-order valence-corrected chi connectivity index (χ2v) is 3.35. The molecule has 0 aromatic rings. The highest BCUT2D eigenvalue weighted by atomic mass is 15.1. The van der Waals surface area contributed by atoms with Crippen molar-refractivity contribution in [1.29, 1.82) is 0 Å². The molecule has 1 heteroatoms. The molecule has 1 nitrogen and oxygen atoms in total. The van der Waals surface area contributed by atoms with Gasteiger partial charge in [0, 0.05) is 12.6 Å². The summed E-state index contributed by atoms with van der Waals surface area (Å²) in [6.07, 6.45) is 6.91. The van der Waals surface area contributed by atoms with E-state index in [0.717, 1.165) is 0 Å². The topological polar surface area (TPSA) is 3.24 Å². The molecule has 0 atom stereocenters. The van der Waals surface area contributed by atoms with E-state index in [-0.39, 0.29) is 0 Å². The molecule has 0 fully saturated rings. The summed E-state index contributed by atoms with van der Waals surface area (Å²) in [7, 11) is 2.13. The minimum absolute atomic E-state index is 0.384. The quantitative estimate of drug-likeness (QED) is 0.478. The molecule has 1 heterocycles. The average Bonchev–Trinajstić information content (AvgIpc) is 1.77. The first-order valence-corrected chi connectivity index (χ1v) is 3.52. The molecule has 0 bridgehead atoms. The third-order valence-corrected chi connectivity index (χ3v) is 2.21. The van der Waals surface area contributed by atoms with E-state index < -0.39 is 0 Å². The molecule has 0 aliphatic carbocycles. The maximum atomic E-state index is 2.27. The molecular weight excluding hydrogens is 110 g/mol. The Kier molecular flexibility index (Phi) is 1.52. The van der Waals surface area contributed by atoms with E-state index in [1.54, 1.807) is 0 Å². The predicted octanol–water partition coefficient (Wildman–Crippen LogP) is 2.00. The minimum Gasteiger partial charge on any atom is -0.376 e. The van der Waals surface area contributed by atoms with Crippen molar-refractivity contribution < 1.29 is 0 Å². The van der Waals surface area contributed by atoms with Crippen LogP contribution in [0, 0.1) is 0 Å². The standard InChI is InChI=1S/C8H15N/c1-8(2)6-4-5-7-9(8)3/h5,7H,4,6H2,1-3H3. The smallest absolute Gasteiger partial charge is 0.0340 e. The van der Waals surface area contributed by atoms with Crippen molar-refractivity contribution in [2.24, 2.45) is 0 Å². The zero-order valence-corrected chi connectivity index (χ0v) is 6.52. The summed E-state index contributed by atoms with van der Waals surface area (Å²) < 4.78 is 0. The summed E-state index contributed by atoms with van der Waals surface area (Å²) in [5.41, 5.74) is 0.384. The number of hydrogen-bond donors (Lipinski definition) is 0. The van der Waals surface area contributed by atoms with Crippen molar-refractivity contribution in [2.45, 2.75) is 32.2 Å². The Labute approximate surface area is 57.4 Å². The SMILES string of the molecule is CN1C=CCCC1(C)C. The molecule has 0 spiro atoms. The van der Waals surface area contributed by atoms with Crippen LogP contribution < -0.4 is 0 Å². The van der Waals surface area contributed by atoms with Gasteiger partial charge in [-0.05, 0) is 32.9 Å². The highest BCUT2D eigenvalue weighted by molar-refractivity contribution is 4.96. The van der Waals surface area contributed by atoms with Gasteiger partial charge in [-0.25, -0.2) is 0 Å². The molecule has 0 saturated heterocycles. The van der Waals surface area contributed by atoms with E-state index in [1.807, 2.05) is 0 Å². The molecule has 0 N–H and O–H groups in total. The fraction of sp³-hybridized carbons (Fsp3) is 0.750. The maximum Gasteiger partial charge on any atom is 0.0340 e. The molecule has 9 heavy (non-hydrogen) atoms. The summed E-state index contributed by atoms with van der Waals surface area (Å²) in [6.45, 7) is 4.55. The van der Waals surface area contributed by atoms with Gasteiger partial charge in [-0.2, -0.15) is 0 Å². The molecule has 0 saturated carbocycles. The van der Waals surface area contributed by atoms with Crippen LogP contribution >= 0.6 is 0 Å². The van der Waals surface area contributed by atoms with Crippen LogP contribution in [0.25, 0.3) is 0 Å². The van der Waals surface area contributed by atoms with Gasteiger partial charge in [-0.1, -0.05) is 6.08 Å². The Bertz CT molecular complexity index is 125. The third kappa shape index (κ3) is 1.26. The van der Waals surface area contributed by atoms with Crippen molar-refractivity contribution in [3.05, 3.63) is 12.3 Å². The van der Waals surface area contributed by atoms with E-state index in [9.17, 15) is 0 Å². The normalized spacial score (nSPS) is 24.6. The molecule has 1 aliphatic rings. The highest BCUT2D eigenvalue weighted by Gasteiger charge is 2.21. The van der Waals surface area contributed by atoms with Gasteiger partial charge >= 0.3 is 0 Å². The average molecular weight is 125 g/mol. The van der Waals surface area contributed by atoms with Crippen LogP contribution in [0.1, 0.15) is 26.7 Å². The van der Waals surface area contributed by atoms with Crippen molar-refractivity contribution >= 4 is 0 Å². The zero-order valence-electron chi connectivity index (χ0n) is 6.52. The Balaban J connectivity index is 2.66. The Morgan fingerprint density at radius 1 is 1.44 bits per heavy atom. The van der Waals surface area contributed by atoms with Gasteiger partial charge in [0.05, 0.1) is 0 Å². The molecule has 52 valence electrons. The largest absolute Gasteiger partial charge is 0.376 e. The Hall–Kier alpha value is -0.460. The van der Waals surface area contributed by atoms with Crippen molar-refractivity contribution in [1.82, 2.24) is 4.90 Å². The Morgan fingerprint density at radius 2 is 2.11 bits per heavy atom. The first-order valence-electron chi connectivity index (χ1n) is 3.52. The monoisotopic (exact) mass is 125 g/mol. The first-order chi connectivity index (χ1) is 4.13. The van der Waals surface area contributed by atoms with Gasteiger partial charge in [0.25, 0.3) is 0 Å². The van der Waals surface area contributed by atoms with Crippen LogP contribution in [-0.2, 0) is 0 Å². The number of allylic oxidation sites excluding steroid dienone is 1. The van der Waals surface area contributed by atoms with E-state index in [1.165, 1.54) is 12.8 Å². The van der Waals surface area contributed by atoms with E-state index in [2.05, 4.69) is 38.1 Å². The molecule has 1 aliphatic heterocycles. The van der Waals surface area contributed by atoms with Gasteiger partial charge in [-0.15, -0.1) is 0 Å². The second kappa shape index (κ2) is 2.05. The fourth-order valence-corrected chi connectivity index (χ4v) is 1.05. The highest BCUT2D eigenvalue weighted by Crippen LogP contribution is 2.23. The van der Waals surface area contributed by atoms with Crippen molar-refractivity contribution in [2.75, 3.05) is 7.05 Å². The fourth-order valence-electron chi connectivity index (χ4n) is 1.05. The van der Waals surface area contributed by atoms with Gasteiger partial charge in [0.2, 0.25) is 0 Å². The molecule has 0 amide bonds. The number of nitrogens with zero attached hydrogens (tertiary/aromatic N) is 1. The molecule has 0 radical (unpaired) electrons. The third-order valence-electron chi connectivity index (χ3n) is 2.21. The Morgan fingerprint density at radius 3 is 2.44 bits per heavy atom. The second-order valence-electron chi connectivity index (χ2n) is 3.35. The summed E-state index contributed by atoms with van der Waals surface area (Å²) in [5.74, 6) is 0. The van der Waals surface area contributed by atoms with E-state index in [0.29, 0.717) is 5.54 Å². The minimum atomic E-state index is 0.384. The molecule has 1 rings (SSSR count). The number of hydrogen-bond acceptors (Lipinski definition) is 1. The van der Waals surface area contributed by atoms with Crippen molar-refractivity contribution in [3.8, 4) is 0 Å². The van der Waals surface area contributed by atoms with E-state index >= 15 is 0 Å². The molecule has 0 aromatic carbocycles. The summed E-state index contributed by atoms with van der Waals surface area (Å²) >= 11 is 0. The van der Waals surface area contributed by atoms with Crippen LogP contribution in [-0.4, -0.2) is 17.5 Å². The lowest BCUT2D eigenvalue weighted by atomic mass is 9.94. The molecular formula is C8H15N. The maximum absolute atomic E-state index is 2.27. The van der Waals surface area contributed by atoms with Crippen LogP contribution in [0.3, 0.4) is 0 Å². The van der Waals surface area contributed by atoms with Crippen LogP contribution in [0.4, 0.5) is 0 Å². The lowest BCUT2D eigenvalue weighted by Gasteiger charge is -2.37. The molecule has 0 unspecified atom stereocenters. The van der Waals surface area contributed by atoms with Gasteiger partial charge < -0.3 is 4.90 Å².